The lowest BCUT2D eigenvalue weighted by molar-refractivity contribution is -0.231. The fraction of sp³-hybridized carbons (Fsp3) is 0.700. The van der Waals surface area contributed by atoms with Crippen LogP contribution in [-0.2, 0) is 26.6 Å². The molecule has 1 unspecified atom stereocenters. The predicted molar refractivity (Wildman–Crippen MR) is 205 cm³/mol. The van der Waals surface area contributed by atoms with Crippen LogP contribution in [0.25, 0.3) is 0 Å². The van der Waals surface area contributed by atoms with E-state index in [0.29, 0.717) is 45.4 Å². The number of hydrogen-bond acceptors (Lipinski definition) is 7. The van der Waals surface area contributed by atoms with Crippen molar-refractivity contribution in [3.8, 4) is 0 Å². The zero-order valence-electron chi connectivity index (χ0n) is 32.6. The maximum absolute atomic E-state index is 11.2. The van der Waals surface area contributed by atoms with E-state index in [1.165, 1.54) is 5.56 Å². The molecule has 1 heterocycles. The van der Waals surface area contributed by atoms with Gasteiger partial charge in [0.05, 0.1) is 19.3 Å². The first-order valence-corrected chi connectivity index (χ1v) is 23.0. The van der Waals surface area contributed by atoms with Crippen LogP contribution >= 0.6 is 0 Å². The minimum Gasteiger partial charge on any atom is -0.412 e. The van der Waals surface area contributed by atoms with E-state index in [4.69, 9.17) is 13.6 Å². The summed E-state index contributed by atoms with van der Waals surface area (Å²) in [5, 5.41) is 42.4. The lowest BCUT2D eigenvalue weighted by atomic mass is 9.88. The normalized spacial score (nSPS) is 23.1. The molecular weight excluding hydrogens is 649 g/mol. The number of aliphatic hydroxyl groups excluding tert-OH is 4. The largest absolute Gasteiger partial charge is 0.412 e. The lowest BCUT2D eigenvalue weighted by Gasteiger charge is -2.45. The minimum absolute atomic E-state index is 0.348. The Labute approximate surface area is 299 Å². The molecule has 4 N–H and O–H groups in total. The van der Waals surface area contributed by atoms with Gasteiger partial charge in [-0.2, -0.15) is 0 Å². The van der Waals surface area contributed by atoms with E-state index in [-0.39, 0.29) is 0 Å². The van der Waals surface area contributed by atoms with Crippen molar-refractivity contribution in [2.24, 2.45) is 0 Å². The van der Waals surface area contributed by atoms with Gasteiger partial charge < -0.3 is 34.0 Å². The number of benzene rings is 2. The number of hydrogen-bond donors (Lipinski definition) is 4. The molecule has 49 heavy (non-hydrogen) atoms. The molecule has 9 heteroatoms. The molecule has 0 amide bonds. The van der Waals surface area contributed by atoms with Crippen LogP contribution in [0, 0.1) is 0 Å². The first-order chi connectivity index (χ1) is 22.9. The van der Waals surface area contributed by atoms with Gasteiger partial charge in [-0.3, -0.25) is 0 Å². The topological polar surface area (TPSA) is 109 Å². The highest BCUT2D eigenvalue weighted by atomic mass is 28.4. The van der Waals surface area contributed by atoms with E-state index < -0.39 is 59.9 Å². The molecule has 3 rings (SSSR count). The second-order valence-corrected chi connectivity index (χ2v) is 27.1. The molecule has 0 bridgehead atoms. The Kier molecular flexibility index (Phi) is 14.9. The van der Waals surface area contributed by atoms with Crippen LogP contribution in [0.5, 0.6) is 0 Å². The fourth-order valence-corrected chi connectivity index (χ4v) is 20.0. The quantitative estimate of drug-likeness (QED) is 0.129. The van der Waals surface area contributed by atoms with Crippen molar-refractivity contribution >= 4 is 16.6 Å². The van der Waals surface area contributed by atoms with Crippen molar-refractivity contribution in [2.45, 2.75) is 173 Å². The number of aryl methyl sites for hydroxylation is 1. The maximum Gasteiger partial charge on any atom is 0.201 e. The Morgan fingerprint density at radius 2 is 1.18 bits per heavy atom. The second-order valence-electron chi connectivity index (χ2n) is 16.2. The van der Waals surface area contributed by atoms with E-state index in [0.717, 1.165) is 23.1 Å². The van der Waals surface area contributed by atoms with E-state index in [2.05, 4.69) is 120 Å². The van der Waals surface area contributed by atoms with E-state index >= 15 is 0 Å². The second kappa shape index (κ2) is 17.4. The Morgan fingerprint density at radius 3 is 1.63 bits per heavy atom. The number of aliphatic hydroxyl groups is 4. The molecule has 0 radical (unpaired) electrons. The van der Waals surface area contributed by atoms with E-state index in [9.17, 15) is 20.4 Å². The first kappa shape index (κ1) is 42.0. The van der Waals surface area contributed by atoms with Gasteiger partial charge in [0.25, 0.3) is 0 Å². The van der Waals surface area contributed by atoms with Gasteiger partial charge in [-0.25, -0.2) is 0 Å². The van der Waals surface area contributed by atoms with Gasteiger partial charge in [0.2, 0.25) is 16.6 Å². The predicted octanol–water partition coefficient (Wildman–Crippen LogP) is 8.74. The number of rotatable bonds is 16. The maximum atomic E-state index is 11.2. The molecule has 1 aliphatic heterocycles. The zero-order chi connectivity index (χ0) is 37.0. The van der Waals surface area contributed by atoms with Gasteiger partial charge in [0.1, 0.15) is 30.5 Å². The third-order valence-corrected chi connectivity index (χ3v) is 23.7. The fourth-order valence-electron chi connectivity index (χ4n) is 9.10. The van der Waals surface area contributed by atoms with Crippen LogP contribution < -0.4 is 0 Å². The van der Waals surface area contributed by atoms with Gasteiger partial charge >= 0.3 is 0 Å². The summed E-state index contributed by atoms with van der Waals surface area (Å²) >= 11 is 0. The summed E-state index contributed by atoms with van der Waals surface area (Å²) in [6, 6.07) is 14.8. The molecule has 0 saturated carbocycles. The van der Waals surface area contributed by atoms with Gasteiger partial charge in [0, 0.05) is 0 Å². The molecule has 7 nitrogen and oxygen atoms in total. The summed E-state index contributed by atoms with van der Waals surface area (Å²) in [6.07, 6.45) is -5.70. The van der Waals surface area contributed by atoms with Crippen LogP contribution in [-0.4, -0.2) is 68.1 Å². The van der Waals surface area contributed by atoms with Crippen molar-refractivity contribution in [2.75, 3.05) is 6.61 Å². The van der Waals surface area contributed by atoms with E-state index in [1.807, 2.05) is 12.1 Å². The van der Waals surface area contributed by atoms with Crippen molar-refractivity contribution in [1.29, 1.82) is 0 Å². The van der Waals surface area contributed by atoms with Gasteiger partial charge in [-0.1, -0.05) is 126 Å². The summed E-state index contributed by atoms with van der Waals surface area (Å²) in [5.41, 5.74) is 7.24. The molecule has 1 saturated heterocycles. The summed E-state index contributed by atoms with van der Waals surface area (Å²) in [4.78, 5) is 0. The molecule has 0 aliphatic carbocycles. The molecule has 0 aromatic heterocycles. The van der Waals surface area contributed by atoms with Crippen LogP contribution in [0.4, 0.5) is 0 Å². The highest BCUT2D eigenvalue weighted by Crippen LogP contribution is 2.48. The van der Waals surface area contributed by atoms with Crippen LogP contribution in [0.1, 0.15) is 130 Å². The van der Waals surface area contributed by atoms with E-state index in [1.54, 1.807) is 0 Å². The summed E-state index contributed by atoms with van der Waals surface area (Å²) < 4.78 is 21.0. The molecule has 6 atom stereocenters. The Hall–Kier alpha value is -1.41. The average molecular weight is 717 g/mol. The molecule has 2 aromatic carbocycles. The molecule has 1 fully saturated rings. The highest BCUT2D eigenvalue weighted by Gasteiger charge is 2.49. The van der Waals surface area contributed by atoms with Crippen molar-refractivity contribution in [3.05, 3.63) is 70.3 Å². The molecule has 278 valence electrons. The number of ether oxygens (including phenoxy) is 1. The standard InChI is InChI=1S/C40H68O7Si2/c1-14-30-15-17-31(18-16-30)39(47-49(27(8)9,28(10)11)29(12)13)34-21-32(40-38(44)37(43)36(42)35(22-41)46-40)19-20-33(34)23-45-48(24(2)3,25(4)5)26(6)7/h15-21,24-29,35-44H,14,22-23H2,1-13H3/t35-,36-,37+,38-,39?,40+/m1/s1. The first-order valence-electron chi connectivity index (χ1n) is 18.7. The van der Waals surface area contributed by atoms with Gasteiger partial charge in [-0.05, 0) is 73.6 Å². The Morgan fingerprint density at radius 1 is 0.673 bits per heavy atom. The molecule has 1 aliphatic rings. The Balaban J connectivity index is 2.34. The SMILES string of the molecule is CCc1ccc(C(O[Si](C(C)C)(C(C)C)C(C)C)c2cc([C@@H]3O[C@H](CO)[C@@H](O)[C@H](O)[C@H]3O)ccc2CO[Si](C(C)C)(C(C)C)C(C)C)cc1. The van der Waals surface area contributed by atoms with Crippen molar-refractivity contribution < 1.29 is 34.0 Å². The monoisotopic (exact) mass is 716 g/mol. The third-order valence-electron chi connectivity index (χ3n) is 11.6. The highest BCUT2D eigenvalue weighted by molar-refractivity contribution is 6.78. The molecule has 0 spiro atoms. The summed E-state index contributed by atoms with van der Waals surface area (Å²) in [5.74, 6) is 0. The van der Waals surface area contributed by atoms with Gasteiger partial charge in [0.15, 0.2) is 0 Å². The smallest absolute Gasteiger partial charge is 0.201 e. The van der Waals surface area contributed by atoms with Crippen LogP contribution in [0.3, 0.4) is 0 Å². The zero-order valence-corrected chi connectivity index (χ0v) is 34.6. The molecular formula is C40H68O7Si2. The van der Waals surface area contributed by atoms with Crippen LogP contribution in [0.2, 0.25) is 33.2 Å². The summed E-state index contributed by atoms with van der Waals surface area (Å²) in [7, 11) is -4.67. The van der Waals surface area contributed by atoms with Crippen molar-refractivity contribution in [1.82, 2.24) is 0 Å². The van der Waals surface area contributed by atoms with Crippen LogP contribution in [0.15, 0.2) is 42.5 Å². The minimum atomic E-state index is -2.44. The lowest BCUT2D eigenvalue weighted by Crippen LogP contribution is -2.55. The van der Waals surface area contributed by atoms with Gasteiger partial charge in [-0.15, -0.1) is 0 Å². The van der Waals surface area contributed by atoms with Crippen molar-refractivity contribution in [3.63, 3.8) is 0 Å². The Bertz CT molecular complexity index is 1260. The third kappa shape index (κ3) is 8.47. The average Bonchev–Trinajstić information content (AvgIpc) is 3.04. The molecule has 2 aromatic rings. The summed E-state index contributed by atoms with van der Waals surface area (Å²) in [6.45, 7) is 29.7.